The lowest BCUT2D eigenvalue weighted by Gasteiger charge is -2.23. The number of esters is 2. The minimum absolute atomic E-state index is 0.0390. The van der Waals surface area contributed by atoms with E-state index in [4.69, 9.17) is 14.2 Å². The Morgan fingerprint density at radius 3 is 2.34 bits per heavy atom. The summed E-state index contributed by atoms with van der Waals surface area (Å²) in [5.74, 6) is -2.99. The van der Waals surface area contributed by atoms with Crippen LogP contribution in [0.25, 0.3) is 0 Å². The van der Waals surface area contributed by atoms with Crippen LogP contribution in [-0.2, 0) is 38.2 Å². The molecule has 1 aromatic rings. The highest BCUT2D eigenvalue weighted by atomic mass is 32.2. The number of anilines is 2. The normalized spacial score (nSPS) is 13.3. The SMILES string of the molecule is CCOC(=O)CNC(=O)C(CCC(=O)N(O)c1ccc2c(c1)SCN2)NC(=O)CC[C@H](NC(=O)OC(C)(C)C)C(=O)OCC. The molecule has 2 rings (SSSR count). The van der Waals surface area contributed by atoms with Crippen LogP contribution in [0, 0.1) is 0 Å². The minimum atomic E-state index is -1.28. The molecule has 1 heterocycles. The summed E-state index contributed by atoms with van der Waals surface area (Å²) in [4.78, 5) is 75.8. The van der Waals surface area contributed by atoms with Crippen molar-refractivity contribution < 1.29 is 48.2 Å². The van der Waals surface area contributed by atoms with E-state index >= 15 is 0 Å². The zero-order chi connectivity index (χ0) is 32.9. The Bertz CT molecular complexity index is 1210. The molecule has 0 saturated carbocycles. The van der Waals surface area contributed by atoms with E-state index in [1.54, 1.807) is 52.8 Å². The summed E-state index contributed by atoms with van der Waals surface area (Å²) in [5.41, 5.74) is 0.287. The van der Waals surface area contributed by atoms with Gasteiger partial charge in [-0.05, 0) is 65.7 Å². The average molecular weight is 640 g/mol. The number of fused-ring (bicyclic) bond motifs is 1. The molecule has 1 aliphatic heterocycles. The molecule has 1 unspecified atom stereocenters. The third kappa shape index (κ3) is 12.3. The quantitative estimate of drug-likeness (QED) is 0.0811. The lowest BCUT2D eigenvalue weighted by Crippen LogP contribution is -2.49. The van der Waals surface area contributed by atoms with Gasteiger partial charge in [-0.1, -0.05) is 0 Å². The molecule has 15 nitrogen and oxygen atoms in total. The van der Waals surface area contributed by atoms with Gasteiger partial charge in [-0.2, -0.15) is 5.06 Å². The fourth-order valence-electron chi connectivity index (χ4n) is 3.86. The van der Waals surface area contributed by atoms with Crippen LogP contribution in [0.1, 0.15) is 60.3 Å². The van der Waals surface area contributed by atoms with E-state index in [-0.39, 0.29) is 44.6 Å². The molecule has 5 N–H and O–H groups in total. The molecule has 44 heavy (non-hydrogen) atoms. The monoisotopic (exact) mass is 639 g/mol. The predicted octanol–water partition coefficient (Wildman–Crippen LogP) is 2.06. The Morgan fingerprint density at radius 2 is 1.68 bits per heavy atom. The largest absolute Gasteiger partial charge is 0.465 e. The van der Waals surface area contributed by atoms with E-state index in [2.05, 4.69) is 21.3 Å². The fourth-order valence-corrected chi connectivity index (χ4v) is 4.75. The van der Waals surface area contributed by atoms with Crippen molar-refractivity contribution in [1.29, 1.82) is 0 Å². The average Bonchev–Trinajstić information content (AvgIpc) is 3.43. The second kappa shape index (κ2) is 17.3. The fraction of sp³-hybridized carbons (Fsp3) is 0.571. The lowest BCUT2D eigenvalue weighted by atomic mass is 10.1. The van der Waals surface area contributed by atoms with Crippen LogP contribution in [0.15, 0.2) is 23.1 Å². The number of carbonyl (C=O) groups excluding carboxylic acids is 6. The van der Waals surface area contributed by atoms with Crippen molar-refractivity contribution in [2.45, 2.75) is 82.9 Å². The summed E-state index contributed by atoms with van der Waals surface area (Å²) >= 11 is 1.51. The zero-order valence-electron chi connectivity index (χ0n) is 25.5. The molecule has 0 spiro atoms. The summed E-state index contributed by atoms with van der Waals surface area (Å²) in [6.07, 6.45) is -1.95. The van der Waals surface area contributed by atoms with Gasteiger partial charge in [-0.25, -0.2) is 9.59 Å². The molecule has 0 fully saturated rings. The summed E-state index contributed by atoms with van der Waals surface area (Å²) in [7, 11) is 0. The Labute approximate surface area is 260 Å². The molecule has 0 bridgehead atoms. The predicted molar refractivity (Wildman–Crippen MR) is 160 cm³/mol. The van der Waals surface area contributed by atoms with Crippen LogP contribution >= 0.6 is 11.8 Å². The van der Waals surface area contributed by atoms with Crippen molar-refractivity contribution in [3.05, 3.63) is 18.2 Å². The minimum Gasteiger partial charge on any atom is -0.465 e. The maximum Gasteiger partial charge on any atom is 0.408 e. The van der Waals surface area contributed by atoms with Crippen molar-refractivity contribution >= 4 is 58.9 Å². The molecule has 1 aromatic carbocycles. The topological polar surface area (TPSA) is 202 Å². The smallest absolute Gasteiger partial charge is 0.408 e. The number of hydroxylamine groups is 1. The lowest BCUT2D eigenvalue weighted by molar-refractivity contribution is -0.146. The second-order valence-corrected chi connectivity index (χ2v) is 11.5. The molecule has 0 aromatic heterocycles. The first kappa shape index (κ1) is 36.1. The van der Waals surface area contributed by atoms with E-state index in [0.717, 1.165) is 10.6 Å². The summed E-state index contributed by atoms with van der Waals surface area (Å²) < 4.78 is 15.0. The first-order valence-electron chi connectivity index (χ1n) is 14.1. The molecule has 0 aliphatic carbocycles. The van der Waals surface area contributed by atoms with Gasteiger partial charge in [0, 0.05) is 23.4 Å². The highest BCUT2D eigenvalue weighted by Crippen LogP contribution is 2.36. The molecule has 4 amide bonds. The number of benzene rings is 1. The molecule has 244 valence electrons. The van der Waals surface area contributed by atoms with Gasteiger partial charge in [0.2, 0.25) is 11.8 Å². The molecular formula is C28H41N5O10S. The molecular weight excluding hydrogens is 598 g/mol. The Hall–Kier alpha value is -4.05. The second-order valence-electron chi connectivity index (χ2n) is 10.5. The third-order valence-corrected chi connectivity index (χ3v) is 6.81. The number of hydrogen-bond acceptors (Lipinski definition) is 12. The number of amides is 4. The summed E-state index contributed by atoms with van der Waals surface area (Å²) in [6, 6.07) is 2.44. The molecule has 0 saturated heterocycles. The van der Waals surface area contributed by atoms with Crippen molar-refractivity contribution in [3.8, 4) is 0 Å². The van der Waals surface area contributed by atoms with Gasteiger partial charge in [0.15, 0.2) is 0 Å². The summed E-state index contributed by atoms with van der Waals surface area (Å²) in [5, 5.41) is 21.4. The Balaban J connectivity index is 2.06. The van der Waals surface area contributed by atoms with E-state index in [1.165, 1.54) is 11.8 Å². The number of alkyl carbamates (subject to hydrolysis) is 1. The maximum absolute atomic E-state index is 12.9. The maximum atomic E-state index is 12.9. The Morgan fingerprint density at radius 1 is 1.00 bits per heavy atom. The van der Waals surface area contributed by atoms with Gasteiger partial charge in [0.25, 0.3) is 5.91 Å². The number of thioether (sulfide) groups is 1. The highest BCUT2D eigenvalue weighted by Gasteiger charge is 2.28. The van der Waals surface area contributed by atoms with Crippen LogP contribution in [0.4, 0.5) is 16.2 Å². The van der Waals surface area contributed by atoms with Crippen molar-refractivity contribution in [2.24, 2.45) is 0 Å². The van der Waals surface area contributed by atoms with E-state index in [9.17, 15) is 34.0 Å². The van der Waals surface area contributed by atoms with E-state index in [0.29, 0.717) is 10.9 Å². The van der Waals surface area contributed by atoms with Gasteiger partial charge in [0.1, 0.15) is 24.2 Å². The van der Waals surface area contributed by atoms with Gasteiger partial charge < -0.3 is 35.5 Å². The number of hydrogen-bond donors (Lipinski definition) is 5. The van der Waals surface area contributed by atoms with Gasteiger partial charge in [-0.15, -0.1) is 11.8 Å². The van der Waals surface area contributed by atoms with Crippen LogP contribution < -0.4 is 26.3 Å². The number of rotatable bonds is 15. The van der Waals surface area contributed by atoms with Gasteiger partial charge in [0.05, 0.1) is 24.8 Å². The van der Waals surface area contributed by atoms with Gasteiger partial charge >= 0.3 is 18.0 Å². The summed E-state index contributed by atoms with van der Waals surface area (Å²) in [6.45, 7) is 7.81. The zero-order valence-corrected chi connectivity index (χ0v) is 26.3. The van der Waals surface area contributed by atoms with E-state index in [1.807, 2.05) is 0 Å². The van der Waals surface area contributed by atoms with Gasteiger partial charge in [-0.3, -0.25) is 24.4 Å². The first-order valence-corrected chi connectivity index (χ1v) is 15.1. The third-order valence-electron chi connectivity index (χ3n) is 5.87. The van der Waals surface area contributed by atoms with Crippen LogP contribution in [0.5, 0.6) is 0 Å². The molecule has 2 atom stereocenters. The van der Waals surface area contributed by atoms with Crippen molar-refractivity contribution in [3.63, 3.8) is 0 Å². The molecule has 1 aliphatic rings. The first-order chi connectivity index (χ1) is 20.7. The van der Waals surface area contributed by atoms with E-state index < -0.39 is 60.0 Å². The number of nitrogens with zero attached hydrogens (tertiary/aromatic N) is 1. The highest BCUT2D eigenvalue weighted by molar-refractivity contribution is 7.99. The van der Waals surface area contributed by atoms with Crippen LogP contribution in [-0.4, -0.2) is 84.3 Å². The number of ether oxygens (including phenoxy) is 3. The van der Waals surface area contributed by atoms with Crippen molar-refractivity contribution in [1.82, 2.24) is 16.0 Å². The molecule has 0 radical (unpaired) electrons. The molecule has 16 heteroatoms. The number of carbonyl (C=O) groups is 6. The number of nitrogens with one attached hydrogen (secondary N) is 4. The standard InChI is InChI=1S/C28H41N5O10S/c1-6-41-24(36)15-29-25(37)19(11-13-23(35)33(40)17-8-9-18-21(14-17)44-16-30-18)31-22(34)12-10-20(26(38)42-7-2)32-27(39)43-28(3,4)5/h8-9,14,19-20,30,40H,6-7,10-13,15-16H2,1-5H3,(H,29,37)(H,31,34)(H,32,39)/t19?,20-/m0/s1. The Kier molecular flexibility index (Phi) is 14.2. The van der Waals surface area contributed by atoms with Crippen LogP contribution in [0.2, 0.25) is 0 Å². The van der Waals surface area contributed by atoms with Crippen LogP contribution in [0.3, 0.4) is 0 Å². The van der Waals surface area contributed by atoms with Crippen molar-refractivity contribution in [2.75, 3.05) is 36.0 Å².